The molecule has 0 fully saturated rings. The number of imidazole rings is 1. The lowest BCUT2D eigenvalue weighted by Gasteiger charge is -2.15. The Hall–Kier alpha value is -3.87. The molecule has 1 amide bonds. The number of rotatable bonds is 6. The van der Waals surface area contributed by atoms with Crippen LogP contribution < -0.4 is 15.7 Å². The van der Waals surface area contributed by atoms with Crippen molar-refractivity contribution in [1.82, 2.24) is 14.9 Å². The highest BCUT2D eigenvalue weighted by Gasteiger charge is 2.18. The van der Waals surface area contributed by atoms with Gasteiger partial charge in [0.05, 0.1) is 19.0 Å². The van der Waals surface area contributed by atoms with E-state index in [9.17, 15) is 9.59 Å². The van der Waals surface area contributed by atoms with Gasteiger partial charge in [0.15, 0.2) is 11.3 Å². The van der Waals surface area contributed by atoms with E-state index >= 15 is 0 Å². The molecule has 0 aliphatic rings. The van der Waals surface area contributed by atoms with Crippen molar-refractivity contribution < 1.29 is 13.9 Å². The molecule has 4 rings (SSSR count). The first-order valence-electron chi connectivity index (χ1n) is 9.65. The van der Waals surface area contributed by atoms with Gasteiger partial charge in [-0.1, -0.05) is 24.3 Å². The number of para-hydroxylation sites is 1. The van der Waals surface area contributed by atoms with Gasteiger partial charge in [-0.05, 0) is 43.7 Å². The number of hydrogen-bond acceptors (Lipinski definition) is 5. The first-order valence-corrected chi connectivity index (χ1v) is 9.65. The van der Waals surface area contributed by atoms with E-state index in [1.807, 2.05) is 48.9 Å². The summed E-state index contributed by atoms with van der Waals surface area (Å²) in [6.07, 6.45) is 5.29. The third-order valence-corrected chi connectivity index (χ3v) is 4.81. The fourth-order valence-corrected chi connectivity index (χ4v) is 3.25. The monoisotopic (exact) mass is 403 g/mol. The van der Waals surface area contributed by atoms with Crippen molar-refractivity contribution in [2.24, 2.45) is 0 Å². The molecule has 0 aliphatic heterocycles. The van der Waals surface area contributed by atoms with Gasteiger partial charge < -0.3 is 19.0 Å². The van der Waals surface area contributed by atoms with Gasteiger partial charge in [0.25, 0.3) is 5.91 Å². The first kappa shape index (κ1) is 19.4. The Kier molecular flexibility index (Phi) is 5.34. The number of aromatic nitrogens is 2. The maximum Gasteiger partial charge on any atom is 0.349 e. The smallest absolute Gasteiger partial charge is 0.349 e. The summed E-state index contributed by atoms with van der Waals surface area (Å²) in [5, 5.41) is 3.49. The standard InChI is InChI=1S/C23H21N3O4/c1-3-29-20-6-4-5-17-13-19(23(28)30-21(17)20)22(27)25-15(2)16-7-9-18(10-8-16)26-12-11-24-14-26/h4-15H,3H2,1-2H3,(H,25,27)/t15-/m1/s1. The lowest BCUT2D eigenvalue weighted by molar-refractivity contribution is 0.0936. The molecule has 0 aliphatic carbocycles. The minimum Gasteiger partial charge on any atom is -0.490 e. The van der Waals surface area contributed by atoms with Crippen LogP contribution in [0, 0.1) is 0 Å². The van der Waals surface area contributed by atoms with Gasteiger partial charge in [-0.3, -0.25) is 4.79 Å². The molecular weight excluding hydrogens is 382 g/mol. The summed E-state index contributed by atoms with van der Waals surface area (Å²) in [4.78, 5) is 29.2. The van der Waals surface area contributed by atoms with E-state index in [0.717, 1.165) is 11.3 Å². The average Bonchev–Trinajstić information content (AvgIpc) is 3.29. The van der Waals surface area contributed by atoms with Crippen molar-refractivity contribution in [3.05, 3.63) is 88.8 Å². The molecule has 7 nitrogen and oxygen atoms in total. The van der Waals surface area contributed by atoms with Crippen LogP contribution in [0.3, 0.4) is 0 Å². The Morgan fingerprint density at radius 1 is 1.23 bits per heavy atom. The molecule has 2 aromatic heterocycles. The lowest BCUT2D eigenvalue weighted by Crippen LogP contribution is -2.30. The highest BCUT2D eigenvalue weighted by molar-refractivity contribution is 5.97. The Morgan fingerprint density at radius 2 is 2.03 bits per heavy atom. The van der Waals surface area contributed by atoms with Crippen LogP contribution in [0.15, 0.2) is 76.5 Å². The van der Waals surface area contributed by atoms with Gasteiger partial charge in [0, 0.05) is 23.5 Å². The molecule has 0 saturated heterocycles. The number of fused-ring (bicyclic) bond motifs is 1. The molecular formula is C23H21N3O4. The number of amides is 1. The second-order valence-electron chi connectivity index (χ2n) is 6.81. The van der Waals surface area contributed by atoms with Crippen LogP contribution in [-0.4, -0.2) is 22.1 Å². The van der Waals surface area contributed by atoms with Gasteiger partial charge in [-0.15, -0.1) is 0 Å². The Morgan fingerprint density at radius 3 is 2.73 bits per heavy atom. The second kappa shape index (κ2) is 8.24. The van der Waals surface area contributed by atoms with E-state index in [0.29, 0.717) is 23.3 Å². The number of nitrogens with zero attached hydrogens (tertiary/aromatic N) is 2. The summed E-state index contributed by atoms with van der Waals surface area (Å²) in [7, 11) is 0. The van der Waals surface area contributed by atoms with Crippen molar-refractivity contribution in [2.75, 3.05) is 6.61 Å². The Bertz CT molecular complexity index is 1230. The van der Waals surface area contributed by atoms with Gasteiger partial charge >= 0.3 is 5.63 Å². The van der Waals surface area contributed by atoms with Crippen LogP contribution in [0.5, 0.6) is 5.75 Å². The predicted octanol–water partition coefficient (Wildman–Crippen LogP) is 3.87. The molecule has 2 aromatic carbocycles. The summed E-state index contributed by atoms with van der Waals surface area (Å²) < 4.78 is 12.8. The minimum atomic E-state index is -0.699. The molecule has 2 heterocycles. The SMILES string of the molecule is CCOc1cccc2cc(C(=O)N[C@H](C)c3ccc(-n4ccnc4)cc3)c(=O)oc12. The number of hydrogen-bond donors (Lipinski definition) is 1. The molecule has 30 heavy (non-hydrogen) atoms. The van der Waals surface area contributed by atoms with Crippen molar-refractivity contribution in [3.63, 3.8) is 0 Å². The molecule has 0 unspecified atom stereocenters. The maximum atomic E-state index is 12.7. The summed E-state index contributed by atoms with van der Waals surface area (Å²) >= 11 is 0. The summed E-state index contributed by atoms with van der Waals surface area (Å²) in [5.41, 5.74) is 1.47. The van der Waals surface area contributed by atoms with E-state index in [1.54, 1.807) is 30.7 Å². The zero-order valence-corrected chi connectivity index (χ0v) is 16.7. The molecule has 152 valence electrons. The van der Waals surface area contributed by atoms with E-state index in [2.05, 4.69) is 10.3 Å². The van der Waals surface area contributed by atoms with Crippen LogP contribution in [-0.2, 0) is 0 Å². The molecule has 0 saturated carbocycles. The van der Waals surface area contributed by atoms with E-state index < -0.39 is 11.5 Å². The number of nitrogens with one attached hydrogen (secondary N) is 1. The van der Waals surface area contributed by atoms with Gasteiger partial charge in [-0.25, -0.2) is 9.78 Å². The van der Waals surface area contributed by atoms with Crippen LogP contribution in [0.25, 0.3) is 16.7 Å². The van der Waals surface area contributed by atoms with Crippen molar-refractivity contribution in [1.29, 1.82) is 0 Å². The number of carbonyl (C=O) groups is 1. The zero-order chi connectivity index (χ0) is 21.1. The molecule has 0 radical (unpaired) electrons. The largest absolute Gasteiger partial charge is 0.490 e. The van der Waals surface area contributed by atoms with E-state index in [1.165, 1.54) is 6.07 Å². The summed E-state index contributed by atoms with van der Waals surface area (Å²) in [5.74, 6) is -0.0101. The van der Waals surface area contributed by atoms with Crippen molar-refractivity contribution >= 4 is 16.9 Å². The number of benzene rings is 2. The quantitative estimate of drug-likeness (QED) is 0.494. The van der Waals surface area contributed by atoms with Crippen LogP contribution in [0.4, 0.5) is 0 Å². The summed E-state index contributed by atoms with van der Waals surface area (Å²) in [6.45, 7) is 4.16. The number of carbonyl (C=O) groups excluding carboxylic acids is 1. The highest BCUT2D eigenvalue weighted by atomic mass is 16.5. The van der Waals surface area contributed by atoms with Crippen LogP contribution in [0.2, 0.25) is 0 Å². The Labute approximate surface area is 172 Å². The molecule has 1 atom stereocenters. The molecule has 1 N–H and O–H groups in total. The predicted molar refractivity (Wildman–Crippen MR) is 113 cm³/mol. The zero-order valence-electron chi connectivity index (χ0n) is 16.7. The highest BCUT2D eigenvalue weighted by Crippen LogP contribution is 2.25. The van der Waals surface area contributed by atoms with Gasteiger partial charge in [-0.2, -0.15) is 0 Å². The first-order chi connectivity index (χ1) is 14.6. The topological polar surface area (TPSA) is 86.4 Å². The average molecular weight is 403 g/mol. The van der Waals surface area contributed by atoms with Crippen molar-refractivity contribution in [3.8, 4) is 11.4 Å². The van der Waals surface area contributed by atoms with Gasteiger partial charge in [0.2, 0.25) is 0 Å². The van der Waals surface area contributed by atoms with E-state index in [-0.39, 0.29) is 11.6 Å². The maximum absolute atomic E-state index is 12.7. The fourth-order valence-electron chi connectivity index (χ4n) is 3.25. The second-order valence-corrected chi connectivity index (χ2v) is 6.81. The van der Waals surface area contributed by atoms with Crippen LogP contribution in [0.1, 0.15) is 35.8 Å². The van der Waals surface area contributed by atoms with Crippen LogP contribution >= 0.6 is 0 Å². The third-order valence-electron chi connectivity index (χ3n) is 4.81. The third kappa shape index (κ3) is 3.82. The Balaban J connectivity index is 1.55. The van der Waals surface area contributed by atoms with E-state index in [4.69, 9.17) is 9.15 Å². The summed E-state index contributed by atoms with van der Waals surface area (Å²) in [6, 6.07) is 14.3. The van der Waals surface area contributed by atoms with Gasteiger partial charge in [0.1, 0.15) is 5.56 Å². The number of ether oxygens (including phenoxy) is 1. The normalized spacial score (nSPS) is 11.9. The molecule has 0 spiro atoms. The lowest BCUT2D eigenvalue weighted by atomic mass is 10.1. The fraction of sp³-hybridized carbons (Fsp3) is 0.174. The van der Waals surface area contributed by atoms with Crippen molar-refractivity contribution in [2.45, 2.75) is 19.9 Å². The molecule has 7 heteroatoms. The molecule has 0 bridgehead atoms. The molecule has 4 aromatic rings. The minimum absolute atomic E-state index is 0.0435.